The molecule has 100 valence electrons. The van der Waals surface area contributed by atoms with Crippen LogP contribution in [0.15, 0.2) is 46.9 Å². The zero-order valence-corrected chi connectivity index (χ0v) is 13.0. The highest BCUT2D eigenvalue weighted by atomic mass is 79.9. The molecule has 2 aromatic carbocycles. The van der Waals surface area contributed by atoms with Crippen LogP contribution in [0.4, 0.5) is 5.69 Å². The van der Waals surface area contributed by atoms with Crippen LogP contribution >= 0.6 is 15.9 Å². The van der Waals surface area contributed by atoms with Crippen LogP contribution in [0.3, 0.4) is 0 Å². The number of hydrogen-bond acceptors (Lipinski definition) is 2. The molecule has 0 radical (unpaired) electrons. The SMILES string of the molecule is COc1ccc(NC(C)c2ccc(Br)cc2)cc1C. The molecule has 2 rings (SSSR count). The first kappa shape index (κ1) is 13.9. The van der Waals surface area contributed by atoms with E-state index in [-0.39, 0.29) is 6.04 Å². The average molecular weight is 320 g/mol. The van der Waals surface area contributed by atoms with Gasteiger partial charge in [-0.25, -0.2) is 0 Å². The predicted octanol–water partition coefficient (Wildman–Crippen LogP) is 4.94. The van der Waals surface area contributed by atoms with E-state index >= 15 is 0 Å². The molecule has 3 heteroatoms. The number of aryl methyl sites for hydroxylation is 1. The highest BCUT2D eigenvalue weighted by Gasteiger charge is 2.06. The zero-order valence-electron chi connectivity index (χ0n) is 11.4. The number of hydrogen-bond donors (Lipinski definition) is 1. The summed E-state index contributed by atoms with van der Waals surface area (Å²) in [5.74, 6) is 0.918. The maximum atomic E-state index is 5.27. The first-order valence-corrected chi connectivity index (χ1v) is 7.06. The van der Waals surface area contributed by atoms with E-state index in [0.29, 0.717) is 0 Å². The summed E-state index contributed by atoms with van der Waals surface area (Å²) >= 11 is 3.45. The van der Waals surface area contributed by atoms with Gasteiger partial charge in [0.1, 0.15) is 5.75 Å². The van der Waals surface area contributed by atoms with Gasteiger partial charge in [-0.3, -0.25) is 0 Å². The van der Waals surface area contributed by atoms with Crippen molar-refractivity contribution in [3.05, 3.63) is 58.1 Å². The minimum Gasteiger partial charge on any atom is -0.496 e. The largest absolute Gasteiger partial charge is 0.496 e. The summed E-state index contributed by atoms with van der Waals surface area (Å²) < 4.78 is 6.37. The predicted molar refractivity (Wildman–Crippen MR) is 83.9 cm³/mol. The Balaban J connectivity index is 2.12. The first-order valence-electron chi connectivity index (χ1n) is 6.27. The standard InChI is InChI=1S/C16H18BrNO/c1-11-10-15(8-9-16(11)19-3)18-12(2)13-4-6-14(17)7-5-13/h4-10,12,18H,1-3H3. The normalized spacial score (nSPS) is 12.0. The van der Waals surface area contributed by atoms with Crippen molar-refractivity contribution in [2.24, 2.45) is 0 Å². The second-order valence-electron chi connectivity index (χ2n) is 4.60. The van der Waals surface area contributed by atoms with Crippen LogP contribution in [-0.4, -0.2) is 7.11 Å². The van der Waals surface area contributed by atoms with Gasteiger partial charge < -0.3 is 10.1 Å². The summed E-state index contributed by atoms with van der Waals surface area (Å²) in [7, 11) is 1.69. The first-order chi connectivity index (χ1) is 9.10. The maximum Gasteiger partial charge on any atom is 0.121 e. The van der Waals surface area contributed by atoms with Crippen molar-refractivity contribution in [2.45, 2.75) is 19.9 Å². The van der Waals surface area contributed by atoms with Crippen molar-refractivity contribution in [3.63, 3.8) is 0 Å². The van der Waals surface area contributed by atoms with Crippen LogP contribution in [0, 0.1) is 6.92 Å². The topological polar surface area (TPSA) is 21.3 Å². The van der Waals surface area contributed by atoms with E-state index < -0.39 is 0 Å². The molecule has 0 aliphatic carbocycles. The Kier molecular flexibility index (Phi) is 4.48. The molecule has 0 fully saturated rings. The summed E-state index contributed by atoms with van der Waals surface area (Å²) in [5, 5.41) is 3.50. The average Bonchev–Trinajstić information content (AvgIpc) is 2.39. The molecule has 0 spiro atoms. The minimum atomic E-state index is 0.265. The van der Waals surface area contributed by atoms with Crippen molar-refractivity contribution in [3.8, 4) is 5.75 Å². The Labute approximate surface area is 122 Å². The van der Waals surface area contributed by atoms with Crippen LogP contribution in [0.2, 0.25) is 0 Å². The van der Waals surface area contributed by atoms with E-state index in [2.05, 4.69) is 58.5 Å². The van der Waals surface area contributed by atoms with Gasteiger partial charge in [-0.2, -0.15) is 0 Å². The molecule has 2 aromatic rings. The van der Waals surface area contributed by atoms with E-state index in [9.17, 15) is 0 Å². The number of rotatable bonds is 4. The number of methoxy groups -OCH3 is 1. The van der Waals surface area contributed by atoms with Gasteiger partial charge in [0.15, 0.2) is 0 Å². The van der Waals surface area contributed by atoms with Gasteiger partial charge in [-0.15, -0.1) is 0 Å². The number of ether oxygens (including phenoxy) is 1. The highest BCUT2D eigenvalue weighted by Crippen LogP contribution is 2.25. The van der Waals surface area contributed by atoms with Crippen LogP contribution < -0.4 is 10.1 Å². The molecule has 0 saturated heterocycles. The number of nitrogens with one attached hydrogen (secondary N) is 1. The van der Waals surface area contributed by atoms with Crippen LogP contribution in [0.25, 0.3) is 0 Å². The lowest BCUT2D eigenvalue weighted by Crippen LogP contribution is -2.06. The van der Waals surface area contributed by atoms with Gasteiger partial charge in [-0.05, 0) is 55.3 Å². The van der Waals surface area contributed by atoms with Gasteiger partial charge in [0, 0.05) is 16.2 Å². The fraction of sp³-hybridized carbons (Fsp3) is 0.250. The number of anilines is 1. The maximum absolute atomic E-state index is 5.27. The van der Waals surface area contributed by atoms with Crippen LogP contribution in [0.5, 0.6) is 5.75 Å². The molecular weight excluding hydrogens is 302 g/mol. The summed E-state index contributed by atoms with van der Waals surface area (Å²) in [6.07, 6.45) is 0. The van der Waals surface area contributed by atoms with E-state index in [1.54, 1.807) is 7.11 Å². The molecule has 19 heavy (non-hydrogen) atoms. The molecule has 2 nitrogen and oxygen atoms in total. The van der Waals surface area contributed by atoms with E-state index in [1.165, 1.54) is 5.56 Å². The van der Waals surface area contributed by atoms with Crippen molar-refractivity contribution < 1.29 is 4.74 Å². The fourth-order valence-electron chi connectivity index (χ4n) is 2.05. The minimum absolute atomic E-state index is 0.265. The number of benzene rings is 2. The molecule has 0 aliphatic rings. The van der Waals surface area contributed by atoms with Crippen molar-refractivity contribution in [1.29, 1.82) is 0 Å². The van der Waals surface area contributed by atoms with E-state index in [1.807, 2.05) is 19.1 Å². The van der Waals surface area contributed by atoms with Gasteiger partial charge in [0.25, 0.3) is 0 Å². The summed E-state index contributed by atoms with van der Waals surface area (Å²) in [6.45, 7) is 4.21. The molecule has 1 N–H and O–H groups in total. The molecule has 1 unspecified atom stereocenters. The molecular formula is C16H18BrNO. The second-order valence-corrected chi connectivity index (χ2v) is 5.52. The fourth-order valence-corrected chi connectivity index (χ4v) is 2.32. The third-order valence-corrected chi connectivity index (χ3v) is 3.68. The van der Waals surface area contributed by atoms with Gasteiger partial charge in [0.05, 0.1) is 7.11 Å². The Hall–Kier alpha value is -1.48. The lowest BCUT2D eigenvalue weighted by atomic mass is 10.1. The van der Waals surface area contributed by atoms with Crippen LogP contribution in [0.1, 0.15) is 24.1 Å². The Morgan fingerprint density at radius 1 is 1.11 bits per heavy atom. The van der Waals surface area contributed by atoms with Gasteiger partial charge in [0.2, 0.25) is 0 Å². The highest BCUT2D eigenvalue weighted by molar-refractivity contribution is 9.10. The third kappa shape index (κ3) is 3.51. The molecule has 0 aromatic heterocycles. The summed E-state index contributed by atoms with van der Waals surface area (Å²) in [4.78, 5) is 0. The molecule has 0 saturated carbocycles. The van der Waals surface area contributed by atoms with Crippen molar-refractivity contribution in [2.75, 3.05) is 12.4 Å². The Morgan fingerprint density at radius 2 is 1.79 bits per heavy atom. The lowest BCUT2D eigenvalue weighted by Gasteiger charge is -2.17. The molecule has 0 bridgehead atoms. The van der Waals surface area contributed by atoms with E-state index in [0.717, 1.165) is 21.5 Å². The Morgan fingerprint density at radius 3 is 2.37 bits per heavy atom. The monoisotopic (exact) mass is 319 g/mol. The van der Waals surface area contributed by atoms with E-state index in [4.69, 9.17) is 4.74 Å². The molecule has 0 heterocycles. The number of halogens is 1. The zero-order chi connectivity index (χ0) is 13.8. The third-order valence-electron chi connectivity index (χ3n) is 3.15. The smallest absolute Gasteiger partial charge is 0.121 e. The van der Waals surface area contributed by atoms with Gasteiger partial charge in [-0.1, -0.05) is 28.1 Å². The van der Waals surface area contributed by atoms with Gasteiger partial charge >= 0.3 is 0 Å². The second kappa shape index (κ2) is 6.11. The van der Waals surface area contributed by atoms with Crippen LogP contribution in [-0.2, 0) is 0 Å². The molecule has 1 atom stereocenters. The van der Waals surface area contributed by atoms with Crippen molar-refractivity contribution in [1.82, 2.24) is 0 Å². The molecule has 0 amide bonds. The Bertz CT molecular complexity index is 551. The lowest BCUT2D eigenvalue weighted by molar-refractivity contribution is 0.412. The van der Waals surface area contributed by atoms with Crippen molar-refractivity contribution >= 4 is 21.6 Å². The molecule has 0 aliphatic heterocycles. The quantitative estimate of drug-likeness (QED) is 0.861. The summed E-state index contributed by atoms with van der Waals surface area (Å²) in [6, 6.07) is 14.8. The summed E-state index contributed by atoms with van der Waals surface area (Å²) in [5.41, 5.74) is 3.50.